The molecule has 0 aliphatic heterocycles. The molecule has 0 fully saturated rings. The van der Waals surface area contributed by atoms with Crippen molar-refractivity contribution in [1.29, 1.82) is 0 Å². The SMILES string of the molecule is Cc1nn(CC(C)C)cc1S(=O)(=O)Nc1ccc(-c2cccc(C(=O)O)c2)c2ccccc12. The summed E-state index contributed by atoms with van der Waals surface area (Å²) < 4.78 is 30.8. The quantitative estimate of drug-likeness (QED) is 0.394. The molecule has 0 atom stereocenters. The van der Waals surface area contributed by atoms with Gasteiger partial charge >= 0.3 is 5.97 Å². The first-order chi connectivity index (χ1) is 15.7. The monoisotopic (exact) mass is 463 g/mol. The number of carboxylic acid groups (broad SMARTS) is 1. The lowest BCUT2D eigenvalue weighted by atomic mass is 9.96. The van der Waals surface area contributed by atoms with Gasteiger partial charge in [-0.15, -0.1) is 0 Å². The van der Waals surface area contributed by atoms with Crippen molar-refractivity contribution in [3.63, 3.8) is 0 Å². The van der Waals surface area contributed by atoms with Crippen LogP contribution in [0.4, 0.5) is 5.69 Å². The van der Waals surface area contributed by atoms with E-state index in [1.54, 1.807) is 42.1 Å². The molecule has 1 aromatic heterocycles. The molecule has 0 bridgehead atoms. The first kappa shape index (κ1) is 22.5. The van der Waals surface area contributed by atoms with Crippen molar-refractivity contribution in [1.82, 2.24) is 9.78 Å². The Hall–Kier alpha value is -3.65. The predicted molar refractivity (Wildman–Crippen MR) is 129 cm³/mol. The highest BCUT2D eigenvalue weighted by Crippen LogP contribution is 2.34. The van der Waals surface area contributed by atoms with Gasteiger partial charge in [0, 0.05) is 18.1 Å². The minimum atomic E-state index is -3.86. The second kappa shape index (κ2) is 8.71. The number of rotatable bonds is 7. The number of carboxylic acids is 1. The summed E-state index contributed by atoms with van der Waals surface area (Å²) in [4.78, 5) is 11.5. The summed E-state index contributed by atoms with van der Waals surface area (Å²) >= 11 is 0. The van der Waals surface area contributed by atoms with Gasteiger partial charge in [-0.1, -0.05) is 56.3 Å². The maximum absolute atomic E-state index is 13.2. The van der Waals surface area contributed by atoms with Crippen molar-refractivity contribution in [2.45, 2.75) is 32.2 Å². The Labute approximate surface area is 192 Å². The molecule has 0 spiro atoms. The Balaban J connectivity index is 1.76. The molecule has 4 rings (SSSR count). The number of anilines is 1. The lowest BCUT2D eigenvalue weighted by molar-refractivity contribution is 0.0697. The van der Waals surface area contributed by atoms with Crippen molar-refractivity contribution < 1.29 is 18.3 Å². The molecule has 0 unspecified atom stereocenters. The van der Waals surface area contributed by atoms with Gasteiger partial charge in [0.05, 0.1) is 16.9 Å². The van der Waals surface area contributed by atoms with Crippen LogP contribution in [0, 0.1) is 12.8 Å². The molecule has 3 aromatic carbocycles. The molecule has 33 heavy (non-hydrogen) atoms. The molecular weight excluding hydrogens is 438 g/mol. The zero-order valence-electron chi connectivity index (χ0n) is 18.6. The normalized spacial score (nSPS) is 11.8. The van der Waals surface area contributed by atoms with Gasteiger partial charge in [-0.2, -0.15) is 5.10 Å². The van der Waals surface area contributed by atoms with Gasteiger partial charge in [0.15, 0.2) is 0 Å². The van der Waals surface area contributed by atoms with Crippen LogP contribution in [-0.2, 0) is 16.6 Å². The van der Waals surface area contributed by atoms with E-state index in [2.05, 4.69) is 9.82 Å². The number of aromatic nitrogens is 2. The fraction of sp³-hybridized carbons (Fsp3) is 0.200. The Morgan fingerprint density at radius 1 is 1.06 bits per heavy atom. The number of nitrogens with one attached hydrogen (secondary N) is 1. The smallest absolute Gasteiger partial charge is 0.335 e. The van der Waals surface area contributed by atoms with Crippen LogP contribution < -0.4 is 4.72 Å². The topological polar surface area (TPSA) is 101 Å². The van der Waals surface area contributed by atoms with Crippen LogP contribution in [0.5, 0.6) is 0 Å². The van der Waals surface area contributed by atoms with Crippen LogP contribution in [0.15, 0.2) is 71.8 Å². The fourth-order valence-corrected chi connectivity index (χ4v) is 5.16. The van der Waals surface area contributed by atoms with E-state index in [9.17, 15) is 18.3 Å². The van der Waals surface area contributed by atoms with Gasteiger partial charge in [0.1, 0.15) is 4.90 Å². The van der Waals surface area contributed by atoms with Crippen LogP contribution in [0.25, 0.3) is 21.9 Å². The highest BCUT2D eigenvalue weighted by atomic mass is 32.2. The first-order valence-corrected chi connectivity index (χ1v) is 12.1. The Morgan fingerprint density at radius 2 is 1.79 bits per heavy atom. The summed E-state index contributed by atoms with van der Waals surface area (Å²) in [5.74, 6) is -0.664. The van der Waals surface area contributed by atoms with Gasteiger partial charge in [0.25, 0.3) is 10.0 Å². The fourth-order valence-electron chi connectivity index (χ4n) is 3.89. The van der Waals surface area contributed by atoms with Gasteiger partial charge in [-0.3, -0.25) is 9.40 Å². The van der Waals surface area contributed by atoms with E-state index < -0.39 is 16.0 Å². The summed E-state index contributed by atoms with van der Waals surface area (Å²) in [6, 6.07) is 17.6. The summed E-state index contributed by atoms with van der Waals surface area (Å²) in [5, 5.41) is 15.2. The second-order valence-electron chi connectivity index (χ2n) is 8.39. The van der Waals surface area contributed by atoms with Crippen LogP contribution in [0.2, 0.25) is 0 Å². The minimum absolute atomic E-state index is 0.144. The Bertz CT molecular complexity index is 1460. The maximum Gasteiger partial charge on any atom is 0.335 e. The average Bonchev–Trinajstić information content (AvgIpc) is 3.14. The number of benzene rings is 3. The number of fused-ring (bicyclic) bond motifs is 1. The lowest BCUT2D eigenvalue weighted by Crippen LogP contribution is -2.14. The van der Waals surface area contributed by atoms with E-state index in [0.717, 1.165) is 16.5 Å². The summed E-state index contributed by atoms with van der Waals surface area (Å²) in [5.41, 5.74) is 2.63. The molecule has 0 aliphatic carbocycles. The van der Waals surface area contributed by atoms with Gasteiger partial charge < -0.3 is 5.11 Å². The van der Waals surface area contributed by atoms with Gasteiger partial charge in [0.2, 0.25) is 0 Å². The maximum atomic E-state index is 13.2. The van der Waals surface area contributed by atoms with E-state index in [1.165, 1.54) is 6.07 Å². The van der Waals surface area contributed by atoms with Crippen LogP contribution >= 0.6 is 0 Å². The summed E-state index contributed by atoms with van der Waals surface area (Å²) in [6.07, 6.45) is 1.56. The van der Waals surface area contributed by atoms with Gasteiger partial charge in [-0.25, -0.2) is 13.2 Å². The largest absolute Gasteiger partial charge is 0.478 e. The van der Waals surface area contributed by atoms with Crippen molar-refractivity contribution in [3.05, 3.63) is 78.1 Å². The second-order valence-corrected chi connectivity index (χ2v) is 10.0. The highest BCUT2D eigenvalue weighted by molar-refractivity contribution is 7.92. The van der Waals surface area contributed by atoms with E-state index in [4.69, 9.17) is 0 Å². The average molecular weight is 464 g/mol. The van der Waals surface area contributed by atoms with Gasteiger partial charge in [-0.05, 0) is 47.6 Å². The molecular formula is C25H25N3O4S. The number of hydrogen-bond acceptors (Lipinski definition) is 4. The molecule has 7 nitrogen and oxygen atoms in total. The third kappa shape index (κ3) is 4.61. The van der Waals surface area contributed by atoms with Crippen LogP contribution in [0.3, 0.4) is 0 Å². The molecule has 4 aromatic rings. The Morgan fingerprint density at radius 3 is 2.48 bits per heavy atom. The van der Waals surface area contributed by atoms with Crippen LogP contribution in [0.1, 0.15) is 29.9 Å². The highest BCUT2D eigenvalue weighted by Gasteiger charge is 2.22. The van der Waals surface area contributed by atoms with E-state index in [0.29, 0.717) is 29.2 Å². The van der Waals surface area contributed by atoms with Crippen molar-refractivity contribution in [2.75, 3.05) is 4.72 Å². The van der Waals surface area contributed by atoms with Crippen LogP contribution in [-0.4, -0.2) is 29.3 Å². The molecule has 0 saturated carbocycles. The van der Waals surface area contributed by atoms with E-state index in [-0.39, 0.29) is 10.5 Å². The predicted octanol–water partition coefficient (Wildman–Crippen LogP) is 5.17. The zero-order chi connectivity index (χ0) is 23.8. The number of nitrogens with zero attached hydrogens (tertiary/aromatic N) is 2. The van der Waals surface area contributed by atoms with E-state index in [1.807, 2.05) is 44.2 Å². The molecule has 170 valence electrons. The zero-order valence-corrected chi connectivity index (χ0v) is 19.4. The number of hydrogen-bond donors (Lipinski definition) is 2. The molecule has 2 N–H and O–H groups in total. The standard InChI is InChI=1S/C25H25N3O4S/c1-16(2)14-28-15-24(17(3)26-28)33(31,32)27-23-12-11-20(21-9-4-5-10-22(21)23)18-7-6-8-19(13-18)25(29)30/h4-13,15-16,27H,14H2,1-3H3,(H,29,30). The van der Waals surface area contributed by atoms with E-state index >= 15 is 0 Å². The third-order valence-electron chi connectivity index (χ3n) is 5.33. The van der Waals surface area contributed by atoms with Crippen molar-refractivity contribution in [2.24, 2.45) is 5.92 Å². The number of aryl methyl sites for hydroxylation is 1. The summed E-state index contributed by atoms with van der Waals surface area (Å²) in [7, 11) is -3.86. The lowest BCUT2D eigenvalue weighted by Gasteiger charge is -2.14. The Kier molecular flexibility index (Phi) is 5.95. The molecule has 1 heterocycles. The number of carbonyl (C=O) groups is 1. The molecule has 0 saturated heterocycles. The minimum Gasteiger partial charge on any atom is -0.478 e. The molecule has 0 amide bonds. The third-order valence-corrected chi connectivity index (χ3v) is 6.80. The van der Waals surface area contributed by atoms with Crippen molar-refractivity contribution >= 4 is 32.5 Å². The number of sulfonamides is 1. The summed E-state index contributed by atoms with van der Waals surface area (Å²) in [6.45, 7) is 6.40. The first-order valence-electron chi connectivity index (χ1n) is 10.6. The van der Waals surface area contributed by atoms with Crippen molar-refractivity contribution in [3.8, 4) is 11.1 Å². The molecule has 0 radical (unpaired) electrons. The number of aromatic carboxylic acids is 1. The molecule has 8 heteroatoms. The molecule has 0 aliphatic rings.